The van der Waals surface area contributed by atoms with E-state index in [1.165, 1.54) is 16.4 Å². The van der Waals surface area contributed by atoms with E-state index in [0.29, 0.717) is 13.1 Å². The standard InChI is InChI=1S/C13H19F3N6O3/c1-9-19-11(22(24)25)7-21(9)8-12(23)18-6-10(13(14,15)16)20-4-2-17-3-5-20/h7,10,17H,2-6,8H2,1H3,(H,18,23). The quantitative estimate of drug-likeness (QED) is 0.546. The predicted octanol–water partition coefficient (Wildman–Crippen LogP) is 0.0520. The summed E-state index contributed by atoms with van der Waals surface area (Å²) in [6, 6.07) is -1.77. The van der Waals surface area contributed by atoms with Crippen LogP contribution in [-0.2, 0) is 11.3 Å². The molecule has 1 fully saturated rings. The zero-order chi connectivity index (χ0) is 18.6. The fraction of sp³-hybridized carbons (Fsp3) is 0.692. The number of hydrogen-bond acceptors (Lipinski definition) is 6. The number of hydrogen-bond donors (Lipinski definition) is 2. The average molecular weight is 364 g/mol. The van der Waals surface area contributed by atoms with Crippen LogP contribution in [0.2, 0.25) is 0 Å². The van der Waals surface area contributed by atoms with Crippen molar-refractivity contribution in [2.24, 2.45) is 0 Å². The van der Waals surface area contributed by atoms with Gasteiger partial charge in [0.05, 0.1) is 0 Å². The van der Waals surface area contributed by atoms with Crippen LogP contribution >= 0.6 is 0 Å². The first-order chi connectivity index (χ1) is 11.7. The number of carbonyl (C=O) groups excluding carboxylic acids is 1. The Balaban J connectivity index is 1.95. The minimum atomic E-state index is -4.46. The van der Waals surface area contributed by atoms with E-state index < -0.39 is 35.4 Å². The molecule has 1 unspecified atom stereocenters. The lowest BCUT2D eigenvalue weighted by Gasteiger charge is -2.35. The highest BCUT2D eigenvalue weighted by Crippen LogP contribution is 2.24. The largest absolute Gasteiger partial charge is 0.405 e. The van der Waals surface area contributed by atoms with E-state index in [9.17, 15) is 28.1 Å². The van der Waals surface area contributed by atoms with Crippen LogP contribution in [0.25, 0.3) is 0 Å². The third-order valence-corrected chi connectivity index (χ3v) is 3.93. The van der Waals surface area contributed by atoms with Crippen molar-refractivity contribution in [3.63, 3.8) is 0 Å². The molecule has 1 amide bonds. The Labute approximate surface area is 141 Å². The van der Waals surface area contributed by atoms with Crippen molar-refractivity contribution in [1.29, 1.82) is 0 Å². The lowest BCUT2D eigenvalue weighted by molar-refractivity contribution is -0.389. The van der Waals surface area contributed by atoms with E-state index in [1.54, 1.807) is 0 Å². The highest BCUT2D eigenvalue weighted by atomic mass is 19.4. The smallest absolute Gasteiger partial charge is 0.358 e. The summed E-state index contributed by atoms with van der Waals surface area (Å²) in [4.78, 5) is 26.8. The van der Waals surface area contributed by atoms with Crippen LogP contribution in [-0.4, -0.2) is 70.2 Å². The fourth-order valence-corrected chi connectivity index (χ4v) is 2.61. The number of imidazole rings is 1. The first kappa shape index (κ1) is 19.1. The van der Waals surface area contributed by atoms with Crippen molar-refractivity contribution in [3.8, 4) is 0 Å². The van der Waals surface area contributed by atoms with Gasteiger partial charge in [0.25, 0.3) is 0 Å². The van der Waals surface area contributed by atoms with Crippen LogP contribution in [0.5, 0.6) is 0 Å². The van der Waals surface area contributed by atoms with Crippen molar-refractivity contribution >= 4 is 11.7 Å². The Bertz CT molecular complexity index is 627. The lowest BCUT2D eigenvalue weighted by atomic mass is 10.2. The highest BCUT2D eigenvalue weighted by Gasteiger charge is 2.43. The van der Waals surface area contributed by atoms with E-state index in [-0.39, 0.29) is 25.5 Å². The zero-order valence-corrected chi connectivity index (χ0v) is 13.5. The number of rotatable bonds is 6. The molecule has 2 heterocycles. The highest BCUT2D eigenvalue weighted by molar-refractivity contribution is 5.75. The molecule has 0 radical (unpaired) electrons. The fourth-order valence-electron chi connectivity index (χ4n) is 2.61. The van der Waals surface area contributed by atoms with Crippen molar-refractivity contribution in [2.75, 3.05) is 32.7 Å². The summed E-state index contributed by atoms with van der Waals surface area (Å²) in [6.45, 7) is 1.97. The Kier molecular flexibility index (Phi) is 5.95. The summed E-state index contributed by atoms with van der Waals surface area (Å²) in [5.74, 6) is -0.851. The number of nitrogens with one attached hydrogen (secondary N) is 2. The number of amides is 1. The maximum Gasteiger partial charge on any atom is 0.405 e. The molecule has 0 spiro atoms. The Morgan fingerprint density at radius 1 is 1.48 bits per heavy atom. The summed E-state index contributed by atoms with van der Waals surface area (Å²) >= 11 is 0. The second-order valence-electron chi connectivity index (χ2n) is 5.68. The van der Waals surface area contributed by atoms with Crippen molar-refractivity contribution in [1.82, 2.24) is 25.1 Å². The van der Waals surface area contributed by atoms with Crippen molar-refractivity contribution in [2.45, 2.75) is 25.7 Å². The van der Waals surface area contributed by atoms with Gasteiger partial charge in [-0.05, 0) is 9.91 Å². The Morgan fingerprint density at radius 3 is 2.64 bits per heavy atom. The van der Waals surface area contributed by atoms with E-state index in [1.807, 2.05) is 0 Å². The maximum absolute atomic E-state index is 13.2. The van der Waals surface area contributed by atoms with Crippen molar-refractivity contribution < 1.29 is 22.9 Å². The molecule has 1 aliphatic heterocycles. The van der Waals surface area contributed by atoms with E-state index >= 15 is 0 Å². The number of nitrogens with zero attached hydrogens (tertiary/aromatic N) is 4. The van der Waals surface area contributed by atoms with Crippen LogP contribution in [0.15, 0.2) is 6.20 Å². The third-order valence-electron chi connectivity index (χ3n) is 3.93. The van der Waals surface area contributed by atoms with E-state index in [0.717, 1.165) is 6.20 Å². The van der Waals surface area contributed by atoms with Gasteiger partial charge in [-0.2, -0.15) is 13.2 Å². The number of halogens is 3. The minimum absolute atomic E-state index is 0.233. The van der Waals surface area contributed by atoms with Gasteiger partial charge in [0.1, 0.15) is 18.8 Å². The second-order valence-corrected chi connectivity index (χ2v) is 5.68. The normalized spacial score (nSPS) is 17.3. The molecule has 0 saturated carbocycles. The van der Waals surface area contributed by atoms with Gasteiger partial charge in [-0.15, -0.1) is 0 Å². The molecule has 2 N–H and O–H groups in total. The van der Waals surface area contributed by atoms with Gasteiger partial charge in [0.2, 0.25) is 11.7 Å². The lowest BCUT2D eigenvalue weighted by Crippen LogP contribution is -2.57. The molecule has 25 heavy (non-hydrogen) atoms. The Morgan fingerprint density at radius 2 is 2.12 bits per heavy atom. The summed E-state index contributed by atoms with van der Waals surface area (Å²) in [7, 11) is 0. The number of carbonyl (C=O) groups is 1. The SMILES string of the molecule is Cc1nc([N+](=O)[O-])cn1CC(=O)NCC(N1CCNCC1)C(F)(F)F. The molecule has 0 aliphatic carbocycles. The van der Waals surface area contributed by atoms with E-state index in [2.05, 4.69) is 15.6 Å². The molecule has 1 atom stereocenters. The van der Waals surface area contributed by atoms with Crippen LogP contribution in [0, 0.1) is 17.0 Å². The zero-order valence-electron chi connectivity index (χ0n) is 13.5. The Hall–Kier alpha value is -2.21. The van der Waals surface area contributed by atoms with Gasteiger partial charge >= 0.3 is 12.0 Å². The topological polar surface area (TPSA) is 105 Å². The first-order valence-corrected chi connectivity index (χ1v) is 7.65. The van der Waals surface area contributed by atoms with Gasteiger partial charge in [-0.3, -0.25) is 14.3 Å². The molecular formula is C13H19F3N6O3. The number of piperazine rings is 1. The van der Waals surface area contributed by atoms with Gasteiger partial charge in [-0.1, -0.05) is 0 Å². The summed E-state index contributed by atoms with van der Waals surface area (Å²) < 4.78 is 40.9. The molecule has 1 saturated heterocycles. The summed E-state index contributed by atoms with van der Waals surface area (Å²) in [6.07, 6.45) is -3.39. The number of aryl methyl sites for hydroxylation is 1. The maximum atomic E-state index is 13.2. The van der Waals surface area contributed by atoms with Gasteiger partial charge in [0.15, 0.2) is 0 Å². The molecule has 1 aromatic heterocycles. The second kappa shape index (κ2) is 7.78. The average Bonchev–Trinajstić information content (AvgIpc) is 2.88. The van der Waals surface area contributed by atoms with Crippen LogP contribution in [0.4, 0.5) is 19.0 Å². The number of alkyl halides is 3. The van der Waals surface area contributed by atoms with Gasteiger partial charge in [-0.25, -0.2) is 0 Å². The van der Waals surface area contributed by atoms with Crippen molar-refractivity contribution in [3.05, 3.63) is 22.1 Å². The predicted molar refractivity (Wildman–Crippen MR) is 80.9 cm³/mol. The number of nitro groups is 1. The molecule has 9 nitrogen and oxygen atoms in total. The third kappa shape index (κ3) is 5.13. The molecule has 1 aromatic rings. The van der Waals surface area contributed by atoms with Gasteiger partial charge < -0.3 is 20.7 Å². The molecule has 0 aromatic carbocycles. The van der Waals surface area contributed by atoms with Gasteiger partial charge in [0, 0.05) is 39.6 Å². The summed E-state index contributed by atoms with van der Waals surface area (Å²) in [5.41, 5.74) is 0. The number of aromatic nitrogens is 2. The molecule has 12 heteroatoms. The molecule has 140 valence electrons. The monoisotopic (exact) mass is 364 g/mol. The molecule has 0 bridgehead atoms. The molecule has 2 rings (SSSR count). The van der Waals surface area contributed by atoms with Crippen LogP contribution in [0.1, 0.15) is 5.82 Å². The first-order valence-electron chi connectivity index (χ1n) is 7.65. The molecule has 1 aliphatic rings. The minimum Gasteiger partial charge on any atom is -0.358 e. The van der Waals surface area contributed by atoms with Crippen LogP contribution < -0.4 is 10.6 Å². The van der Waals surface area contributed by atoms with Crippen LogP contribution in [0.3, 0.4) is 0 Å². The summed E-state index contributed by atoms with van der Waals surface area (Å²) in [5, 5.41) is 15.9. The van der Waals surface area contributed by atoms with E-state index in [4.69, 9.17) is 0 Å². The molecular weight excluding hydrogens is 345 g/mol.